The minimum atomic E-state index is 0.757. The molecule has 1 aliphatic heterocycles. The second-order valence-corrected chi connectivity index (χ2v) is 5.76. The van der Waals surface area contributed by atoms with Gasteiger partial charge in [0.05, 0.1) is 11.4 Å². The SMILES string of the molecule is CN(C)c1ccccc1NCCC1CCCCN1C. The van der Waals surface area contributed by atoms with Gasteiger partial charge >= 0.3 is 0 Å². The van der Waals surface area contributed by atoms with Crippen LogP contribution in [-0.4, -0.2) is 45.2 Å². The molecule has 1 aromatic rings. The number of piperidine rings is 1. The molecule has 3 nitrogen and oxygen atoms in total. The molecule has 3 heteroatoms. The van der Waals surface area contributed by atoms with E-state index in [1.165, 1.54) is 43.6 Å². The number of para-hydroxylation sites is 2. The topological polar surface area (TPSA) is 18.5 Å². The second kappa shape index (κ2) is 6.80. The van der Waals surface area contributed by atoms with Gasteiger partial charge in [-0.2, -0.15) is 0 Å². The van der Waals surface area contributed by atoms with Gasteiger partial charge in [0.25, 0.3) is 0 Å². The largest absolute Gasteiger partial charge is 0.383 e. The number of benzene rings is 1. The first kappa shape index (κ1) is 14.2. The van der Waals surface area contributed by atoms with Crippen molar-refractivity contribution in [2.75, 3.05) is 44.4 Å². The maximum Gasteiger partial charge on any atom is 0.0596 e. The summed E-state index contributed by atoms with van der Waals surface area (Å²) in [6.07, 6.45) is 5.35. The number of hydrogen-bond donors (Lipinski definition) is 1. The van der Waals surface area contributed by atoms with Crippen LogP contribution in [0.5, 0.6) is 0 Å². The predicted molar refractivity (Wildman–Crippen MR) is 84.1 cm³/mol. The van der Waals surface area contributed by atoms with E-state index in [1.807, 2.05) is 0 Å². The minimum absolute atomic E-state index is 0.757. The van der Waals surface area contributed by atoms with Gasteiger partial charge in [0.1, 0.15) is 0 Å². The highest BCUT2D eigenvalue weighted by molar-refractivity contribution is 5.69. The first-order valence-corrected chi connectivity index (χ1v) is 7.39. The number of rotatable bonds is 5. The Morgan fingerprint density at radius 2 is 2.05 bits per heavy atom. The summed E-state index contributed by atoms with van der Waals surface area (Å²) < 4.78 is 0. The van der Waals surface area contributed by atoms with Gasteiger partial charge in [0, 0.05) is 26.7 Å². The van der Waals surface area contributed by atoms with Gasteiger partial charge in [-0.25, -0.2) is 0 Å². The zero-order valence-electron chi connectivity index (χ0n) is 12.5. The lowest BCUT2D eigenvalue weighted by Crippen LogP contribution is -2.37. The van der Waals surface area contributed by atoms with Crippen LogP contribution in [0.1, 0.15) is 25.7 Å². The van der Waals surface area contributed by atoms with Crippen LogP contribution in [0.4, 0.5) is 11.4 Å². The minimum Gasteiger partial charge on any atom is -0.383 e. The van der Waals surface area contributed by atoms with Crippen molar-refractivity contribution in [1.82, 2.24) is 4.90 Å². The van der Waals surface area contributed by atoms with E-state index < -0.39 is 0 Å². The molecule has 1 unspecified atom stereocenters. The fourth-order valence-electron chi connectivity index (χ4n) is 2.90. The van der Waals surface area contributed by atoms with Gasteiger partial charge in [0.2, 0.25) is 0 Å². The van der Waals surface area contributed by atoms with Crippen molar-refractivity contribution in [2.45, 2.75) is 31.7 Å². The van der Waals surface area contributed by atoms with E-state index in [2.05, 4.69) is 60.5 Å². The van der Waals surface area contributed by atoms with E-state index >= 15 is 0 Å². The number of hydrogen-bond acceptors (Lipinski definition) is 3. The molecule has 0 spiro atoms. The molecular formula is C16H27N3. The zero-order valence-corrected chi connectivity index (χ0v) is 12.5. The Balaban J connectivity index is 1.85. The van der Waals surface area contributed by atoms with Crippen LogP contribution < -0.4 is 10.2 Å². The third-order valence-corrected chi connectivity index (χ3v) is 4.10. The summed E-state index contributed by atoms with van der Waals surface area (Å²) in [6, 6.07) is 9.28. The normalized spacial score (nSPS) is 20.3. The molecule has 0 amide bonds. The highest BCUT2D eigenvalue weighted by Crippen LogP contribution is 2.24. The molecule has 2 rings (SSSR count). The molecule has 0 saturated carbocycles. The molecule has 0 bridgehead atoms. The zero-order chi connectivity index (χ0) is 13.7. The van der Waals surface area contributed by atoms with Gasteiger partial charge < -0.3 is 15.1 Å². The monoisotopic (exact) mass is 261 g/mol. The van der Waals surface area contributed by atoms with Crippen molar-refractivity contribution in [2.24, 2.45) is 0 Å². The summed E-state index contributed by atoms with van der Waals surface area (Å²) in [5.41, 5.74) is 2.51. The number of likely N-dealkylation sites (tertiary alicyclic amines) is 1. The fourth-order valence-corrected chi connectivity index (χ4v) is 2.90. The van der Waals surface area contributed by atoms with Gasteiger partial charge in [-0.05, 0) is 45.0 Å². The molecule has 1 fully saturated rings. The summed E-state index contributed by atoms with van der Waals surface area (Å²) in [5.74, 6) is 0. The van der Waals surface area contributed by atoms with Crippen LogP contribution in [-0.2, 0) is 0 Å². The van der Waals surface area contributed by atoms with Crippen LogP contribution in [0.3, 0.4) is 0 Å². The molecule has 106 valence electrons. The summed E-state index contributed by atoms with van der Waals surface area (Å²) in [7, 11) is 6.45. The van der Waals surface area contributed by atoms with Crippen LogP contribution in [0.2, 0.25) is 0 Å². The molecule has 1 aliphatic rings. The fraction of sp³-hybridized carbons (Fsp3) is 0.625. The van der Waals surface area contributed by atoms with Gasteiger partial charge in [-0.1, -0.05) is 18.6 Å². The highest BCUT2D eigenvalue weighted by Gasteiger charge is 2.18. The number of nitrogens with one attached hydrogen (secondary N) is 1. The Labute approximate surface area is 117 Å². The Morgan fingerprint density at radius 3 is 2.79 bits per heavy atom. The van der Waals surface area contributed by atoms with E-state index in [4.69, 9.17) is 0 Å². The van der Waals surface area contributed by atoms with Crippen molar-refractivity contribution < 1.29 is 0 Å². The Bertz CT molecular complexity index is 389. The van der Waals surface area contributed by atoms with Gasteiger partial charge in [-0.3, -0.25) is 0 Å². The lowest BCUT2D eigenvalue weighted by Gasteiger charge is -2.32. The maximum atomic E-state index is 3.59. The average Bonchev–Trinajstić information content (AvgIpc) is 2.41. The summed E-state index contributed by atoms with van der Waals surface area (Å²) in [5, 5.41) is 3.59. The Kier molecular flexibility index (Phi) is 5.08. The van der Waals surface area contributed by atoms with Crippen molar-refractivity contribution in [3.8, 4) is 0 Å². The standard InChI is InChI=1S/C16H27N3/c1-18(2)16-10-5-4-9-15(16)17-12-11-14-8-6-7-13-19(14)3/h4-5,9-10,14,17H,6-8,11-13H2,1-3H3. The van der Waals surface area contributed by atoms with E-state index in [9.17, 15) is 0 Å². The van der Waals surface area contributed by atoms with E-state index in [1.54, 1.807) is 0 Å². The first-order valence-electron chi connectivity index (χ1n) is 7.39. The summed E-state index contributed by atoms with van der Waals surface area (Å²) in [4.78, 5) is 4.68. The molecule has 1 atom stereocenters. The average molecular weight is 261 g/mol. The molecule has 1 N–H and O–H groups in total. The molecule has 19 heavy (non-hydrogen) atoms. The highest BCUT2D eigenvalue weighted by atomic mass is 15.1. The smallest absolute Gasteiger partial charge is 0.0596 e. The first-order chi connectivity index (χ1) is 9.18. The lowest BCUT2D eigenvalue weighted by molar-refractivity contribution is 0.179. The molecule has 1 aromatic carbocycles. The second-order valence-electron chi connectivity index (χ2n) is 5.76. The van der Waals surface area contributed by atoms with Crippen LogP contribution in [0.25, 0.3) is 0 Å². The molecule has 0 aliphatic carbocycles. The molecule has 1 heterocycles. The molecular weight excluding hydrogens is 234 g/mol. The number of nitrogens with zero attached hydrogens (tertiary/aromatic N) is 2. The summed E-state index contributed by atoms with van der Waals surface area (Å²) in [6.45, 7) is 2.32. The van der Waals surface area contributed by atoms with Gasteiger partial charge in [-0.15, -0.1) is 0 Å². The third-order valence-electron chi connectivity index (χ3n) is 4.10. The predicted octanol–water partition coefficient (Wildman–Crippen LogP) is 3.04. The van der Waals surface area contributed by atoms with Gasteiger partial charge in [0.15, 0.2) is 0 Å². The molecule has 0 radical (unpaired) electrons. The van der Waals surface area contributed by atoms with E-state index in [-0.39, 0.29) is 0 Å². The number of anilines is 2. The third kappa shape index (κ3) is 3.87. The Morgan fingerprint density at radius 1 is 1.26 bits per heavy atom. The maximum absolute atomic E-state index is 3.59. The van der Waals surface area contributed by atoms with E-state index in [0.29, 0.717) is 0 Å². The summed E-state index contributed by atoms with van der Waals surface area (Å²) >= 11 is 0. The van der Waals surface area contributed by atoms with Crippen LogP contribution in [0.15, 0.2) is 24.3 Å². The quantitative estimate of drug-likeness (QED) is 0.879. The lowest BCUT2D eigenvalue weighted by atomic mass is 10.0. The van der Waals surface area contributed by atoms with Crippen molar-refractivity contribution in [1.29, 1.82) is 0 Å². The van der Waals surface area contributed by atoms with Crippen molar-refractivity contribution >= 4 is 11.4 Å². The van der Waals surface area contributed by atoms with Crippen molar-refractivity contribution in [3.05, 3.63) is 24.3 Å². The van der Waals surface area contributed by atoms with Crippen molar-refractivity contribution in [3.63, 3.8) is 0 Å². The Hall–Kier alpha value is -1.22. The van der Waals surface area contributed by atoms with Crippen LogP contribution >= 0.6 is 0 Å². The van der Waals surface area contributed by atoms with E-state index in [0.717, 1.165) is 12.6 Å². The molecule has 0 aromatic heterocycles. The molecule has 1 saturated heterocycles. The van der Waals surface area contributed by atoms with Crippen LogP contribution in [0, 0.1) is 0 Å².